The van der Waals surface area contributed by atoms with Crippen LogP contribution >= 0.6 is 47.8 Å². The highest BCUT2D eigenvalue weighted by Crippen LogP contribution is 2.45. The maximum absolute atomic E-state index is 10.8. The fraction of sp³-hybridized carbons (Fsp3) is 0.950. The van der Waals surface area contributed by atoms with Crippen molar-refractivity contribution in [1.29, 1.82) is 0 Å². The molecular weight excluding hydrogens is 640 g/mol. The normalized spacial score (nSPS) is 49.4. The standard InChI is InChI=1S/C8H11BrO4.2C6H9BrO3/c1-5(10)13-6-4-12-7-8(6,9)2-3-11-7;2*7-6-1-2-9-5(6)10-3-4(6)8/h6-7H,2-4H2,1H3;2*4-5,8H,1-3H2/t6-,7+,8+;2*4-,5+,6+/m010/s1. The van der Waals surface area contributed by atoms with Crippen molar-refractivity contribution in [2.24, 2.45) is 0 Å². The van der Waals surface area contributed by atoms with Crippen molar-refractivity contribution < 1.29 is 48.2 Å². The molecule has 0 aliphatic carbocycles. The quantitative estimate of drug-likeness (QED) is 0.313. The van der Waals surface area contributed by atoms with Gasteiger partial charge < -0.3 is 43.4 Å². The van der Waals surface area contributed by atoms with Crippen molar-refractivity contribution in [3.63, 3.8) is 0 Å². The first-order valence-corrected chi connectivity index (χ1v) is 13.3. The van der Waals surface area contributed by atoms with Gasteiger partial charge in [0.2, 0.25) is 0 Å². The zero-order valence-electron chi connectivity index (χ0n) is 18.1. The number of esters is 1. The highest BCUT2D eigenvalue weighted by atomic mass is 79.9. The SMILES string of the molecule is CC(=O)O[C@H]1CO[C@H]2OCC[C@]21Br.O[C@@H]1CO[C@@H]2OCC[C@@]21Br.O[C@H]1CO[C@H]2OCC[C@]21Br. The van der Waals surface area contributed by atoms with Crippen LogP contribution in [-0.4, -0.2) is 106 Å². The zero-order chi connectivity index (χ0) is 23.9. The number of aliphatic hydroxyl groups excluding tert-OH is 2. The number of alkyl halides is 3. The van der Waals surface area contributed by atoms with Gasteiger partial charge in [-0.15, -0.1) is 0 Å². The molecule has 0 radical (unpaired) electrons. The first kappa shape index (κ1) is 26.6. The van der Waals surface area contributed by atoms with Crippen LogP contribution in [0.25, 0.3) is 0 Å². The third-order valence-electron chi connectivity index (χ3n) is 6.60. The van der Waals surface area contributed by atoms with Gasteiger partial charge in [0.15, 0.2) is 18.9 Å². The lowest BCUT2D eigenvalue weighted by molar-refractivity contribution is -0.147. The molecule has 9 atom stereocenters. The van der Waals surface area contributed by atoms with Gasteiger partial charge in [0, 0.05) is 6.92 Å². The Morgan fingerprint density at radius 2 is 1.12 bits per heavy atom. The summed E-state index contributed by atoms with van der Waals surface area (Å²) in [5.74, 6) is -0.278. The fourth-order valence-corrected chi connectivity index (χ4v) is 6.30. The Balaban J connectivity index is 0.000000119. The van der Waals surface area contributed by atoms with Crippen molar-refractivity contribution in [2.75, 3.05) is 39.6 Å². The summed E-state index contributed by atoms with van der Waals surface area (Å²) in [6.45, 7) is 4.58. The minimum atomic E-state index is -0.417. The van der Waals surface area contributed by atoms with E-state index in [2.05, 4.69) is 47.8 Å². The summed E-state index contributed by atoms with van der Waals surface area (Å²) in [4.78, 5) is 10.8. The van der Waals surface area contributed by atoms with Crippen LogP contribution in [0.2, 0.25) is 0 Å². The zero-order valence-corrected chi connectivity index (χ0v) is 22.9. The Kier molecular flexibility index (Phi) is 8.50. The third-order valence-corrected chi connectivity index (χ3v) is 10.5. The predicted molar refractivity (Wildman–Crippen MR) is 123 cm³/mol. The summed E-state index contributed by atoms with van der Waals surface area (Å²) < 4.78 is 35.7. The summed E-state index contributed by atoms with van der Waals surface area (Å²) in [5, 5.41) is 18.8. The number of halogens is 3. The molecule has 6 saturated heterocycles. The van der Waals surface area contributed by atoms with Crippen LogP contribution in [0.1, 0.15) is 26.2 Å². The smallest absolute Gasteiger partial charge is 0.303 e. The number of hydrogen-bond donors (Lipinski definition) is 2. The van der Waals surface area contributed by atoms with Gasteiger partial charge in [0.05, 0.1) is 51.8 Å². The second kappa shape index (κ2) is 10.5. The average Bonchev–Trinajstić information content (AvgIpc) is 3.56. The van der Waals surface area contributed by atoms with Crippen molar-refractivity contribution in [2.45, 2.75) is 76.3 Å². The molecule has 6 aliphatic heterocycles. The molecule has 0 aromatic rings. The van der Waals surface area contributed by atoms with Gasteiger partial charge >= 0.3 is 5.97 Å². The number of carbonyl (C=O) groups is 1. The third kappa shape index (κ3) is 5.20. The second-order valence-corrected chi connectivity index (χ2v) is 13.2. The Hall–Kier alpha value is 0.590. The minimum absolute atomic E-state index is 0.225. The number of ether oxygens (including phenoxy) is 7. The number of fused-ring (bicyclic) bond motifs is 3. The van der Waals surface area contributed by atoms with E-state index in [0.29, 0.717) is 39.6 Å². The van der Waals surface area contributed by atoms with Crippen LogP contribution in [0, 0.1) is 0 Å². The van der Waals surface area contributed by atoms with Gasteiger partial charge in [-0.25, -0.2) is 0 Å². The van der Waals surface area contributed by atoms with E-state index in [-0.39, 0.29) is 43.9 Å². The molecule has 13 heteroatoms. The van der Waals surface area contributed by atoms with E-state index in [9.17, 15) is 15.0 Å². The monoisotopic (exact) mass is 666 g/mol. The Morgan fingerprint density at radius 3 is 1.55 bits per heavy atom. The maximum atomic E-state index is 10.8. The molecule has 0 spiro atoms. The van der Waals surface area contributed by atoms with Gasteiger partial charge in [-0.05, 0) is 19.3 Å². The largest absolute Gasteiger partial charge is 0.458 e. The number of aliphatic hydroxyl groups is 2. The van der Waals surface area contributed by atoms with E-state index < -0.39 is 12.2 Å². The average molecular weight is 669 g/mol. The summed E-state index contributed by atoms with van der Waals surface area (Å²) in [7, 11) is 0. The summed E-state index contributed by atoms with van der Waals surface area (Å²) in [5.41, 5.74) is 0. The Labute approximate surface area is 217 Å². The summed E-state index contributed by atoms with van der Waals surface area (Å²) >= 11 is 10.4. The molecule has 6 aliphatic rings. The molecule has 10 nitrogen and oxygen atoms in total. The first-order valence-electron chi connectivity index (χ1n) is 10.9. The molecule has 0 saturated carbocycles. The molecule has 0 bridgehead atoms. The lowest BCUT2D eigenvalue weighted by atomic mass is 10.0. The van der Waals surface area contributed by atoms with E-state index in [0.717, 1.165) is 19.3 Å². The molecule has 0 aromatic carbocycles. The van der Waals surface area contributed by atoms with E-state index in [4.69, 9.17) is 33.2 Å². The lowest BCUT2D eigenvalue weighted by Crippen LogP contribution is -2.39. The molecule has 0 unspecified atom stereocenters. The van der Waals surface area contributed by atoms with Crippen LogP contribution in [-0.2, 0) is 38.0 Å². The number of hydrogen-bond acceptors (Lipinski definition) is 10. The van der Waals surface area contributed by atoms with Gasteiger partial charge in [-0.2, -0.15) is 0 Å². The van der Waals surface area contributed by atoms with Crippen LogP contribution < -0.4 is 0 Å². The van der Waals surface area contributed by atoms with Gasteiger partial charge in [-0.3, -0.25) is 4.79 Å². The van der Waals surface area contributed by atoms with E-state index >= 15 is 0 Å². The molecule has 6 heterocycles. The van der Waals surface area contributed by atoms with Crippen molar-refractivity contribution in [1.82, 2.24) is 0 Å². The molecule has 0 amide bonds. The van der Waals surface area contributed by atoms with E-state index in [1.807, 2.05) is 0 Å². The summed E-state index contributed by atoms with van der Waals surface area (Å²) in [6.07, 6.45) is 0.687. The minimum Gasteiger partial charge on any atom is -0.458 e. The molecular formula is C20H29Br3O10. The van der Waals surface area contributed by atoms with Crippen molar-refractivity contribution >= 4 is 53.8 Å². The van der Waals surface area contributed by atoms with Gasteiger partial charge in [0.1, 0.15) is 19.1 Å². The number of rotatable bonds is 1. The highest BCUT2D eigenvalue weighted by molar-refractivity contribution is 9.10. The molecule has 0 aromatic heterocycles. The van der Waals surface area contributed by atoms with E-state index in [1.165, 1.54) is 6.92 Å². The molecule has 6 fully saturated rings. The first-order chi connectivity index (χ1) is 15.6. The Bertz CT molecular complexity index is 684. The summed E-state index contributed by atoms with van der Waals surface area (Å²) in [6, 6.07) is 0. The van der Waals surface area contributed by atoms with Crippen LogP contribution in [0.4, 0.5) is 0 Å². The van der Waals surface area contributed by atoms with Crippen LogP contribution in [0.15, 0.2) is 0 Å². The van der Waals surface area contributed by atoms with Crippen molar-refractivity contribution in [3.05, 3.63) is 0 Å². The molecule has 2 N–H and O–H groups in total. The van der Waals surface area contributed by atoms with Crippen molar-refractivity contribution in [3.8, 4) is 0 Å². The van der Waals surface area contributed by atoms with Crippen LogP contribution in [0.5, 0.6) is 0 Å². The predicted octanol–water partition coefficient (Wildman–Crippen LogP) is 1.34. The van der Waals surface area contributed by atoms with E-state index in [1.54, 1.807) is 0 Å². The van der Waals surface area contributed by atoms with Gasteiger partial charge in [0.25, 0.3) is 0 Å². The molecule has 190 valence electrons. The number of carbonyl (C=O) groups excluding carboxylic acids is 1. The topological polar surface area (TPSA) is 122 Å². The van der Waals surface area contributed by atoms with Crippen LogP contribution in [0.3, 0.4) is 0 Å². The lowest BCUT2D eigenvalue weighted by Gasteiger charge is -2.24. The highest BCUT2D eigenvalue weighted by Gasteiger charge is 2.56. The molecule has 33 heavy (non-hydrogen) atoms. The maximum Gasteiger partial charge on any atom is 0.303 e. The van der Waals surface area contributed by atoms with Gasteiger partial charge in [-0.1, -0.05) is 47.8 Å². The second-order valence-electron chi connectivity index (χ2n) is 8.77. The fourth-order valence-electron chi connectivity index (χ4n) is 4.54. The molecule has 6 rings (SSSR count). The Morgan fingerprint density at radius 1 is 0.727 bits per heavy atom.